The highest BCUT2D eigenvalue weighted by Gasteiger charge is 2.23. The summed E-state index contributed by atoms with van der Waals surface area (Å²) in [5.74, 6) is 0.739. The van der Waals surface area contributed by atoms with Crippen molar-refractivity contribution in [2.24, 2.45) is 0 Å². The molecule has 0 fully saturated rings. The molecule has 0 aliphatic carbocycles. The lowest BCUT2D eigenvalue weighted by Gasteiger charge is -2.10. The number of nitrogens with zero attached hydrogens (tertiary/aromatic N) is 3. The Bertz CT molecular complexity index is 1380. The van der Waals surface area contributed by atoms with Crippen LogP contribution in [0.15, 0.2) is 63.5 Å². The zero-order valence-corrected chi connectivity index (χ0v) is 23.7. The van der Waals surface area contributed by atoms with Crippen molar-refractivity contribution in [3.05, 3.63) is 75.3 Å². The quantitative estimate of drug-likeness (QED) is 0.171. The highest BCUT2D eigenvalue weighted by atomic mass is 79.9. The van der Waals surface area contributed by atoms with Crippen molar-refractivity contribution in [2.45, 2.75) is 32.2 Å². The highest BCUT2D eigenvalue weighted by molar-refractivity contribution is 9.10. The van der Waals surface area contributed by atoms with Gasteiger partial charge in [-0.05, 0) is 43.7 Å². The van der Waals surface area contributed by atoms with Crippen LogP contribution in [0.4, 0.5) is 5.00 Å². The van der Waals surface area contributed by atoms with Crippen LogP contribution in [0.1, 0.15) is 28.7 Å². The second-order valence-electron chi connectivity index (χ2n) is 7.93. The average Bonchev–Trinajstić information content (AvgIpc) is 3.50. The summed E-state index contributed by atoms with van der Waals surface area (Å²) in [5.41, 5.74) is 3.07. The van der Waals surface area contributed by atoms with Crippen LogP contribution in [0.3, 0.4) is 0 Å². The molecule has 2 heterocycles. The molecular formula is C26H25BrN4O4S2. The number of amides is 1. The molecule has 1 amide bonds. The fourth-order valence-electron chi connectivity index (χ4n) is 3.52. The molecule has 0 aliphatic rings. The van der Waals surface area contributed by atoms with Gasteiger partial charge in [-0.15, -0.1) is 21.5 Å². The van der Waals surface area contributed by atoms with Gasteiger partial charge >= 0.3 is 5.97 Å². The van der Waals surface area contributed by atoms with Gasteiger partial charge in [-0.3, -0.25) is 4.79 Å². The molecule has 1 N–H and O–H groups in total. The molecule has 0 bridgehead atoms. The molecule has 0 unspecified atom stereocenters. The molecule has 2 aromatic heterocycles. The molecule has 0 saturated heterocycles. The Hall–Kier alpha value is -3.15. The Kier molecular flexibility index (Phi) is 9.01. The van der Waals surface area contributed by atoms with Crippen molar-refractivity contribution < 1.29 is 19.1 Å². The van der Waals surface area contributed by atoms with E-state index in [1.54, 1.807) is 0 Å². The van der Waals surface area contributed by atoms with E-state index in [0.29, 0.717) is 28.1 Å². The van der Waals surface area contributed by atoms with Gasteiger partial charge in [-0.25, -0.2) is 4.79 Å². The topological polar surface area (TPSA) is 95.3 Å². The number of aryl methyl sites for hydroxylation is 1. The third-order valence-corrected chi connectivity index (χ3v) is 7.81. The molecule has 4 rings (SSSR count). The number of anilines is 1. The third kappa shape index (κ3) is 6.60. The van der Waals surface area contributed by atoms with Crippen LogP contribution >= 0.6 is 39.0 Å². The number of nitrogens with one attached hydrogen (secondary N) is 1. The van der Waals surface area contributed by atoms with Crippen LogP contribution in [-0.2, 0) is 22.7 Å². The van der Waals surface area contributed by atoms with Crippen LogP contribution in [0, 0.1) is 6.92 Å². The first-order valence-corrected chi connectivity index (χ1v) is 14.0. The Balaban J connectivity index is 1.42. The molecule has 4 aromatic rings. The Morgan fingerprint density at radius 2 is 1.84 bits per heavy atom. The second kappa shape index (κ2) is 12.4. The van der Waals surface area contributed by atoms with Gasteiger partial charge in [0.2, 0.25) is 5.91 Å². The van der Waals surface area contributed by atoms with Crippen molar-refractivity contribution in [3.8, 4) is 16.9 Å². The number of ether oxygens (including phenoxy) is 2. The summed E-state index contributed by atoms with van der Waals surface area (Å²) >= 11 is 5.97. The summed E-state index contributed by atoms with van der Waals surface area (Å²) in [6, 6.07) is 15.4. The first kappa shape index (κ1) is 26.9. The molecule has 37 heavy (non-hydrogen) atoms. The number of esters is 1. The Morgan fingerprint density at radius 3 is 2.51 bits per heavy atom. The zero-order chi connectivity index (χ0) is 26.4. The van der Waals surface area contributed by atoms with E-state index < -0.39 is 5.97 Å². The number of methoxy groups -OCH3 is 1. The van der Waals surface area contributed by atoms with Crippen LogP contribution in [0.25, 0.3) is 11.1 Å². The van der Waals surface area contributed by atoms with E-state index in [2.05, 4.69) is 31.4 Å². The lowest BCUT2D eigenvalue weighted by molar-refractivity contribution is -0.113. The molecule has 11 heteroatoms. The summed E-state index contributed by atoms with van der Waals surface area (Å²) in [6.45, 7) is 4.87. The summed E-state index contributed by atoms with van der Waals surface area (Å²) < 4.78 is 13.7. The smallest absolute Gasteiger partial charge is 0.341 e. The monoisotopic (exact) mass is 600 g/mol. The molecule has 192 valence electrons. The number of rotatable bonds is 10. The van der Waals surface area contributed by atoms with Gasteiger partial charge < -0.3 is 19.4 Å². The van der Waals surface area contributed by atoms with Gasteiger partial charge in [0, 0.05) is 22.0 Å². The van der Waals surface area contributed by atoms with E-state index in [1.807, 2.05) is 72.3 Å². The van der Waals surface area contributed by atoms with Gasteiger partial charge in [0.1, 0.15) is 22.9 Å². The predicted molar refractivity (Wildman–Crippen MR) is 149 cm³/mol. The molecule has 2 aromatic carbocycles. The average molecular weight is 602 g/mol. The molecule has 0 spiro atoms. The lowest BCUT2D eigenvalue weighted by Crippen LogP contribution is -2.16. The minimum atomic E-state index is -0.499. The van der Waals surface area contributed by atoms with E-state index in [0.717, 1.165) is 26.9 Å². The van der Waals surface area contributed by atoms with Crippen LogP contribution in [-0.4, -0.2) is 39.5 Å². The van der Waals surface area contributed by atoms with Gasteiger partial charge in [0.05, 0.1) is 12.9 Å². The summed E-state index contributed by atoms with van der Waals surface area (Å²) in [5, 5.41) is 14.3. The number of aromatic nitrogens is 3. The SMILES string of the molecule is CCn1c(COc2ccc(Br)cc2)nnc1SCC(=O)Nc1scc(-c2ccc(C)cc2)c1C(=O)OC. The zero-order valence-electron chi connectivity index (χ0n) is 20.5. The minimum absolute atomic E-state index is 0.101. The standard InChI is InChI=1S/C26H25BrN4O4S2/c1-4-31-21(13-35-19-11-9-18(27)10-12-19)29-30-26(31)37-15-22(32)28-24-23(25(33)34-3)20(14-36-24)17-7-5-16(2)6-8-17/h5-12,14H,4,13,15H2,1-3H3,(H,28,32). The normalized spacial score (nSPS) is 10.8. The van der Waals surface area contributed by atoms with Crippen LogP contribution < -0.4 is 10.1 Å². The summed E-state index contributed by atoms with van der Waals surface area (Å²) in [4.78, 5) is 25.4. The van der Waals surface area contributed by atoms with Crippen LogP contribution in [0.5, 0.6) is 5.75 Å². The van der Waals surface area contributed by atoms with Gasteiger partial charge in [0.25, 0.3) is 0 Å². The Morgan fingerprint density at radius 1 is 1.11 bits per heavy atom. The van der Waals surface area contributed by atoms with E-state index in [-0.39, 0.29) is 18.3 Å². The first-order valence-electron chi connectivity index (χ1n) is 11.4. The fourth-order valence-corrected chi connectivity index (χ4v) is 5.58. The van der Waals surface area contributed by atoms with Crippen molar-refractivity contribution in [3.63, 3.8) is 0 Å². The van der Waals surface area contributed by atoms with Crippen molar-refractivity contribution in [1.82, 2.24) is 14.8 Å². The number of benzene rings is 2. The maximum atomic E-state index is 12.8. The van der Waals surface area contributed by atoms with E-state index in [4.69, 9.17) is 9.47 Å². The number of hydrogen-bond acceptors (Lipinski definition) is 8. The molecule has 0 radical (unpaired) electrons. The number of halogens is 1. The number of hydrogen-bond donors (Lipinski definition) is 1. The number of carbonyl (C=O) groups is 2. The third-order valence-electron chi connectivity index (χ3n) is 5.42. The van der Waals surface area contributed by atoms with Crippen LogP contribution in [0.2, 0.25) is 0 Å². The highest BCUT2D eigenvalue weighted by Crippen LogP contribution is 2.36. The van der Waals surface area contributed by atoms with E-state index in [1.165, 1.54) is 30.2 Å². The second-order valence-corrected chi connectivity index (χ2v) is 10.7. The molecule has 0 atom stereocenters. The molecule has 0 aliphatic heterocycles. The van der Waals surface area contributed by atoms with Crippen molar-refractivity contribution in [2.75, 3.05) is 18.2 Å². The number of carbonyl (C=O) groups excluding carboxylic acids is 2. The first-order chi connectivity index (χ1) is 17.9. The van der Waals surface area contributed by atoms with Gasteiger partial charge in [-0.1, -0.05) is 57.5 Å². The maximum Gasteiger partial charge on any atom is 0.341 e. The minimum Gasteiger partial charge on any atom is -0.486 e. The largest absolute Gasteiger partial charge is 0.486 e. The fraction of sp³-hybridized carbons (Fsp3) is 0.231. The number of thiophene rings is 1. The predicted octanol–water partition coefficient (Wildman–Crippen LogP) is 6.19. The van der Waals surface area contributed by atoms with Gasteiger partial charge in [0.15, 0.2) is 11.0 Å². The number of thioether (sulfide) groups is 1. The summed E-state index contributed by atoms with van der Waals surface area (Å²) in [7, 11) is 1.33. The van der Waals surface area contributed by atoms with E-state index in [9.17, 15) is 9.59 Å². The molecule has 0 saturated carbocycles. The molecular weight excluding hydrogens is 576 g/mol. The van der Waals surface area contributed by atoms with Crippen molar-refractivity contribution >= 4 is 55.9 Å². The lowest BCUT2D eigenvalue weighted by atomic mass is 10.0. The summed E-state index contributed by atoms with van der Waals surface area (Å²) in [6.07, 6.45) is 0. The molecule has 8 nitrogen and oxygen atoms in total. The Labute approximate surface area is 231 Å². The van der Waals surface area contributed by atoms with Crippen molar-refractivity contribution in [1.29, 1.82) is 0 Å². The van der Waals surface area contributed by atoms with Gasteiger partial charge in [-0.2, -0.15) is 0 Å². The maximum absolute atomic E-state index is 12.8. The van der Waals surface area contributed by atoms with E-state index >= 15 is 0 Å².